The fourth-order valence-electron chi connectivity index (χ4n) is 3.07. The maximum absolute atomic E-state index is 12.5. The average Bonchev–Trinajstić information content (AvgIpc) is 3.30. The van der Waals surface area contributed by atoms with Crippen LogP contribution < -0.4 is 18.5 Å². The lowest BCUT2D eigenvalue weighted by Crippen LogP contribution is -2.22. The number of thiazole rings is 1. The Morgan fingerprint density at radius 2 is 1.86 bits per heavy atom. The normalized spacial score (nSPS) is 11.6. The van der Waals surface area contributed by atoms with E-state index in [1.165, 1.54) is 38.7 Å². The van der Waals surface area contributed by atoms with Gasteiger partial charge in [-0.2, -0.15) is 4.98 Å². The molecule has 12 nitrogen and oxygen atoms in total. The number of carbonyl (C=O) groups is 1. The molecule has 0 saturated heterocycles. The van der Waals surface area contributed by atoms with Crippen LogP contribution in [-0.4, -0.2) is 54.0 Å². The minimum absolute atomic E-state index is 0.0251. The topological polar surface area (TPSA) is 160 Å². The van der Waals surface area contributed by atoms with Crippen molar-refractivity contribution in [3.8, 4) is 34.5 Å². The highest BCUT2D eigenvalue weighted by Gasteiger charge is 2.28. The van der Waals surface area contributed by atoms with Crippen molar-refractivity contribution in [1.29, 1.82) is 0 Å². The molecule has 0 aliphatic carbocycles. The zero-order valence-corrected chi connectivity index (χ0v) is 20.7. The van der Waals surface area contributed by atoms with Crippen LogP contribution in [0.3, 0.4) is 0 Å². The molecular weight excluding hydrogens is 510 g/mol. The first-order chi connectivity index (χ1) is 17.3. The summed E-state index contributed by atoms with van der Waals surface area (Å²) >= 11 is -1.77. The lowest BCUT2D eigenvalue weighted by Gasteiger charge is -2.25. The van der Waals surface area contributed by atoms with Gasteiger partial charge in [0.25, 0.3) is 5.88 Å². The molecule has 186 valence electrons. The van der Waals surface area contributed by atoms with Crippen LogP contribution in [-0.2, 0) is 11.3 Å². The van der Waals surface area contributed by atoms with E-state index in [4.69, 9.17) is 14.2 Å². The maximum atomic E-state index is 12.5. The van der Waals surface area contributed by atoms with Gasteiger partial charge < -0.3 is 23.9 Å². The van der Waals surface area contributed by atoms with E-state index < -0.39 is 17.2 Å². The molecule has 0 radical (unpaired) electrons. The molecule has 4 aromatic rings. The van der Waals surface area contributed by atoms with E-state index in [1.807, 2.05) is 0 Å². The SMILES string of the molecule is COc1ccccc1Oc1c(OC)nc(-c2ccnc(C(=O)O)c2)nc1N(c1ncc(C)s1)S(=O)[O-]. The van der Waals surface area contributed by atoms with Gasteiger partial charge >= 0.3 is 5.97 Å². The number of ether oxygens (including phenoxy) is 3. The number of methoxy groups -OCH3 is 2. The van der Waals surface area contributed by atoms with E-state index >= 15 is 0 Å². The van der Waals surface area contributed by atoms with Crippen molar-refractivity contribution in [1.82, 2.24) is 19.9 Å². The van der Waals surface area contributed by atoms with Gasteiger partial charge in [0.15, 0.2) is 23.1 Å². The summed E-state index contributed by atoms with van der Waals surface area (Å²) in [6.07, 6.45) is 2.79. The monoisotopic (exact) mass is 528 g/mol. The zero-order valence-electron chi connectivity index (χ0n) is 19.1. The van der Waals surface area contributed by atoms with E-state index in [-0.39, 0.29) is 45.4 Å². The standard InChI is InChI=1S/C22H19N5O7S2/c1-12-11-24-22(35-12)27(36(30)31)19-17(34-16-7-5-4-6-15(16)32-2)20(33-3)26-18(25-19)13-8-9-23-14(10-13)21(28)29/h4-11H,1-3H3,(H,28,29)(H,30,31)/p-1. The molecule has 3 aromatic heterocycles. The van der Waals surface area contributed by atoms with Crippen molar-refractivity contribution in [2.24, 2.45) is 0 Å². The van der Waals surface area contributed by atoms with Gasteiger partial charge in [-0.1, -0.05) is 12.1 Å². The fourth-order valence-corrected chi connectivity index (χ4v) is 4.48. The first kappa shape index (κ1) is 25.0. The van der Waals surface area contributed by atoms with Crippen LogP contribution in [0.4, 0.5) is 10.9 Å². The molecule has 36 heavy (non-hydrogen) atoms. The molecule has 1 aromatic carbocycles. The van der Waals surface area contributed by atoms with Gasteiger partial charge in [0.1, 0.15) is 5.69 Å². The second kappa shape index (κ2) is 10.6. The first-order valence-corrected chi connectivity index (χ1v) is 12.0. The predicted octanol–water partition coefficient (Wildman–Crippen LogP) is 3.74. The van der Waals surface area contributed by atoms with Crippen LogP contribution in [0.15, 0.2) is 48.8 Å². The highest BCUT2D eigenvalue weighted by atomic mass is 32.2. The van der Waals surface area contributed by atoms with Gasteiger partial charge in [0.05, 0.1) is 25.5 Å². The molecule has 0 saturated carbocycles. The summed E-state index contributed by atoms with van der Waals surface area (Å²) in [6.45, 7) is 1.77. The molecule has 0 aliphatic heterocycles. The molecule has 0 aliphatic rings. The molecule has 0 bridgehead atoms. The highest BCUT2D eigenvalue weighted by molar-refractivity contribution is 7.81. The summed E-state index contributed by atoms with van der Waals surface area (Å²) in [4.78, 5) is 28.9. The Kier molecular flexibility index (Phi) is 7.38. The van der Waals surface area contributed by atoms with E-state index in [0.29, 0.717) is 5.75 Å². The van der Waals surface area contributed by atoms with Gasteiger partial charge in [-0.25, -0.2) is 24.1 Å². The Hall–Kier alpha value is -4.14. The highest BCUT2D eigenvalue weighted by Crippen LogP contribution is 2.45. The third kappa shape index (κ3) is 5.10. The number of pyridine rings is 1. The summed E-state index contributed by atoms with van der Waals surface area (Å²) in [5.41, 5.74) is 0.0171. The molecule has 1 N–H and O–H groups in total. The van der Waals surface area contributed by atoms with Gasteiger partial charge in [0.2, 0.25) is 10.9 Å². The van der Waals surface area contributed by atoms with Crippen LogP contribution in [0.5, 0.6) is 23.1 Å². The zero-order chi connectivity index (χ0) is 25.8. The van der Waals surface area contributed by atoms with E-state index in [2.05, 4.69) is 19.9 Å². The van der Waals surface area contributed by atoms with Gasteiger partial charge in [-0.3, -0.25) is 4.21 Å². The number of hydrogen-bond donors (Lipinski definition) is 1. The predicted molar refractivity (Wildman–Crippen MR) is 130 cm³/mol. The molecule has 3 heterocycles. The van der Waals surface area contributed by atoms with Crippen molar-refractivity contribution < 1.29 is 32.9 Å². The number of nitrogens with zero attached hydrogens (tertiary/aromatic N) is 5. The smallest absolute Gasteiger partial charge is 0.354 e. The Balaban J connectivity index is 1.98. The number of aryl methyl sites for hydroxylation is 1. The Labute approximate surface area is 211 Å². The minimum Gasteiger partial charge on any atom is -0.755 e. The molecule has 4 rings (SSSR count). The number of aromatic nitrogens is 4. The minimum atomic E-state index is -2.89. The first-order valence-electron chi connectivity index (χ1n) is 10.1. The van der Waals surface area contributed by atoms with Crippen LogP contribution in [0.1, 0.15) is 15.4 Å². The number of aromatic carboxylic acids is 1. The van der Waals surface area contributed by atoms with Crippen LogP contribution in [0.2, 0.25) is 0 Å². The fraction of sp³-hybridized carbons (Fsp3) is 0.136. The molecular formula is C22H18N5O7S2-. The second-order valence-corrected chi connectivity index (χ2v) is 8.97. The van der Waals surface area contributed by atoms with Crippen LogP contribution in [0, 0.1) is 6.92 Å². The van der Waals surface area contributed by atoms with Crippen molar-refractivity contribution in [2.45, 2.75) is 6.92 Å². The molecule has 1 atom stereocenters. The van der Waals surface area contributed by atoms with E-state index in [9.17, 15) is 18.7 Å². The van der Waals surface area contributed by atoms with Gasteiger partial charge in [-0.15, -0.1) is 11.3 Å². The number of carboxylic acid groups (broad SMARTS) is 1. The molecule has 0 fully saturated rings. The quantitative estimate of drug-likeness (QED) is 0.315. The van der Waals surface area contributed by atoms with E-state index in [1.54, 1.807) is 31.2 Å². The van der Waals surface area contributed by atoms with Crippen LogP contribution >= 0.6 is 11.3 Å². The lowest BCUT2D eigenvalue weighted by atomic mass is 10.2. The second-order valence-electron chi connectivity index (χ2n) is 6.96. The number of anilines is 2. The summed E-state index contributed by atoms with van der Waals surface area (Å²) < 4.78 is 42.6. The van der Waals surface area contributed by atoms with Crippen LogP contribution in [0.25, 0.3) is 11.4 Å². The third-order valence-electron chi connectivity index (χ3n) is 4.65. The lowest BCUT2D eigenvalue weighted by molar-refractivity contribution is 0.0690. The summed E-state index contributed by atoms with van der Waals surface area (Å²) in [7, 11) is 2.78. The number of para-hydroxylation sites is 2. The molecule has 0 spiro atoms. The molecule has 14 heteroatoms. The Morgan fingerprint density at radius 3 is 2.47 bits per heavy atom. The molecule has 0 amide bonds. The largest absolute Gasteiger partial charge is 0.755 e. The summed E-state index contributed by atoms with van der Waals surface area (Å²) in [6, 6.07) is 9.46. The van der Waals surface area contributed by atoms with Crippen molar-refractivity contribution in [3.63, 3.8) is 0 Å². The van der Waals surface area contributed by atoms with Crippen molar-refractivity contribution >= 4 is 39.5 Å². The number of hydrogen-bond acceptors (Lipinski definition) is 11. The Bertz CT molecular complexity index is 1450. The van der Waals surface area contributed by atoms with Crippen molar-refractivity contribution in [2.75, 3.05) is 18.5 Å². The molecule has 1 unspecified atom stereocenters. The maximum Gasteiger partial charge on any atom is 0.354 e. The Morgan fingerprint density at radius 1 is 1.11 bits per heavy atom. The number of carboxylic acids is 1. The summed E-state index contributed by atoms with van der Waals surface area (Å²) in [5.74, 6) is -1.11. The average molecular weight is 529 g/mol. The number of benzene rings is 1. The summed E-state index contributed by atoms with van der Waals surface area (Å²) in [5, 5.41) is 9.42. The number of rotatable bonds is 9. The van der Waals surface area contributed by atoms with Crippen molar-refractivity contribution in [3.05, 3.63) is 59.4 Å². The third-order valence-corrected chi connectivity index (χ3v) is 6.31. The van der Waals surface area contributed by atoms with Gasteiger partial charge in [0, 0.05) is 22.8 Å². The van der Waals surface area contributed by atoms with E-state index in [0.717, 1.165) is 20.5 Å². The van der Waals surface area contributed by atoms with Gasteiger partial charge in [-0.05, 0) is 31.2 Å².